The van der Waals surface area contributed by atoms with Gasteiger partial charge in [-0.3, -0.25) is 9.59 Å². The van der Waals surface area contributed by atoms with E-state index in [4.69, 9.17) is 28.4 Å². The number of esters is 1. The predicted octanol–water partition coefficient (Wildman–Crippen LogP) is 3.06. The van der Waals surface area contributed by atoms with Crippen molar-refractivity contribution in [2.75, 3.05) is 21.2 Å². The number of likely N-dealkylation sites (N-methyl/N-ethyl adjacent to an activating group) is 1. The molecule has 0 spiro atoms. The van der Waals surface area contributed by atoms with Crippen LogP contribution >= 0.6 is 0 Å². The van der Waals surface area contributed by atoms with E-state index < -0.39 is 102 Å². The van der Waals surface area contributed by atoms with E-state index in [1.165, 1.54) is 7.11 Å². The predicted molar refractivity (Wildman–Crippen MR) is 189 cm³/mol. The Bertz CT molecular complexity index is 1170. The van der Waals surface area contributed by atoms with E-state index in [0.717, 1.165) is 0 Å². The fourth-order valence-corrected chi connectivity index (χ4v) is 8.47. The smallest absolute Gasteiger partial charge is 0.311 e. The summed E-state index contributed by atoms with van der Waals surface area (Å²) in [5.41, 5.74) is -3.88. The summed E-state index contributed by atoms with van der Waals surface area (Å²) < 4.78 is 37.6. The molecule has 3 saturated heterocycles. The monoisotopic (exact) mass is 731 g/mol. The van der Waals surface area contributed by atoms with Crippen molar-refractivity contribution in [3.63, 3.8) is 0 Å². The molecule has 3 rings (SSSR count). The van der Waals surface area contributed by atoms with Crippen molar-refractivity contribution < 1.29 is 58.4 Å². The highest BCUT2D eigenvalue weighted by Crippen LogP contribution is 2.41. The lowest BCUT2D eigenvalue weighted by molar-refractivity contribution is -0.318. The Morgan fingerprint density at radius 1 is 0.882 bits per heavy atom. The lowest BCUT2D eigenvalue weighted by atomic mass is 9.73. The fraction of sp³-hybridized carbons (Fsp3) is 0.947. The summed E-state index contributed by atoms with van der Waals surface area (Å²) in [6.45, 7) is 19.2. The van der Waals surface area contributed by atoms with Crippen molar-refractivity contribution >= 4 is 11.8 Å². The van der Waals surface area contributed by atoms with E-state index in [0.29, 0.717) is 12.8 Å². The number of aliphatic hydroxyl groups is 4. The van der Waals surface area contributed by atoms with Crippen LogP contribution in [0.15, 0.2) is 0 Å². The van der Waals surface area contributed by atoms with Gasteiger partial charge in [-0.1, -0.05) is 34.6 Å². The first-order valence-electron chi connectivity index (χ1n) is 18.8. The van der Waals surface area contributed by atoms with Crippen LogP contribution in [0, 0.1) is 29.6 Å². The molecule has 298 valence electrons. The van der Waals surface area contributed by atoms with Crippen LogP contribution in [0.3, 0.4) is 0 Å². The highest BCUT2D eigenvalue weighted by atomic mass is 16.7. The summed E-state index contributed by atoms with van der Waals surface area (Å²) in [6, 6.07) is -0.301. The second-order valence-corrected chi connectivity index (χ2v) is 16.8. The van der Waals surface area contributed by atoms with Gasteiger partial charge >= 0.3 is 5.97 Å². The number of hydrogen-bond donors (Lipinski definition) is 4. The van der Waals surface area contributed by atoms with E-state index in [1.54, 1.807) is 62.3 Å². The molecule has 3 fully saturated rings. The topological polar surface area (TPSA) is 174 Å². The molecule has 0 aromatic heterocycles. The Kier molecular flexibility index (Phi) is 14.7. The molecule has 3 aliphatic heterocycles. The van der Waals surface area contributed by atoms with Crippen LogP contribution in [0.1, 0.15) is 102 Å². The molecule has 0 bridgehead atoms. The number of methoxy groups -OCH3 is 1. The van der Waals surface area contributed by atoms with Crippen molar-refractivity contribution in [2.24, 2.45) is 29.6 Å². The molecular weight excluding hydrogens is 662 g/mol. The van der Waals surface area contributed by atoms with Crippen molar-refractivity contribution in [3.05, 3.63) is 0 Å². The first-order chi connectivity index (χ1) is 23.4. The third-order valence-corrected chi connectivity index (χ3v) is 12.5. The van der Waals surface area contributed by atoms with E-state index in [1.807, 2.05) is 32.8 Å². The van der Waals surface area contributed by atoms with Gasteiger partial charge in [-0.05, 0) is 74.9 Å². The van der Waals surface area contributed by atoms with Gasteiger partial charge in [-0.25, -0.2) is 0 Å². The van der Waals surface area contributed by atoms with E-state index in [2.05, 4.69) is 0 Å². The Morgan fingerprint density at radius 3 is 2.04 bits per heavy atom. The normalized spacial score (nSPS) is 49.7. The van der Waals surface area contributed by atoms with Crippen LogP contribution < -0.4 is 0 Å². The summed E-state index contributed by atoms with van der Waals surface area (Å²) in [5, 5.41) is 46.3. The van der Waals surface area contributed by atoms with Crippen LogP contribution in [-0.2, 0) is 38.0 Å². The van der Waals surface area contributed by atoms with Gasteiger partial charge in [0.2, 0.25) is 0 Å². The number of hydrogen-bond acceptors (Lipinski definition) is 13. The zero-order valence-corrected chi connectivity index (χ0v) is 33.5. The number of Topliss-reactive ketones (excluding diaryl/α,β-unsaturated/α-hetero) is 1. The average molecular weight is 732 g/mol. The maximum absolute atomic E-state index is 14.2. The fourth-order valence-electron chi connectivity index (χ4n) is 8.47. The van der Waals surface area contributed by atoms with Crippen LogP contribution in [0.5, 0.6) is 0 Å². The summed E-state index contributed by atoms with van der Waals surface area (Å²) in [5.74, 6) is -4.72. The zero-order chi connectivity index (χ0) is 39.0. The molecule has 2 unspecified atom stereocenters. The van der Waals surface area contributed by atoms with Crippen molar-refractivity contribution in [2.45, 2.75) is 180 Å². The van der Waals surface area contributed by atoms with Gasteiger partial charge in [0.25, 0.3) is 0 Å². The molecule has 0 amide bonds. The second kappa shape index (κ2) is 17.0. The van der Waals surface area contributed by atoms with Crippen LogP contribution in [0.4, 0.5) is 0 Å². The maximum Gasteiger partial charge on any atom is 0.311 e. The molecule has 0 aromatic rings. The highest BCUT2D eigenvalue weighted by molar-refractivity contribution is 5.83. The Balaban J connectivity index is 2.19. The van der Waals surface area contributed by atoms with Gasteiger partial charge in [-0.2, -0.15) is 0 Å². The molecule has 51 heavy (non-hydrogen) atoms. The Morgan fingerprint density at radius 2 is 1.49 bits per heavy atom. The molecule has 0 aromatic carbocycles. The number of ether oxygens (including phenoxy) is 6. The lowest BCUT2D eigenvalue weighted by Crippen LogP contribution is -2.61. The van der Waals surface area contributed by atoms with Crippen LogP contribution in [-0.4, -0.2) is 136 Å². The quantitative estimate of drug-likeness (QED) is 0.282. The largest absolute Gasteiger partial charge is 0.459 e. The maximum atomic E-state index is 14.2. The van der Waals surface area contributed by atoms with E-state index >= 15 is 0 Å². The van der Waals surface area contributed by atoms with Crippen LogP contribution in [0.2, 0.25) is 0 Å². The SMILES string of the molecule is CC[C@@]1(C)OC(=O)[C@H](C)[C@@H](OC2C[C@@](C)(OC)[C@@H](O)[C@H](C)O2)[C@H](C)[C@@H](OC2O[C@H](C)C[C@H](N(C)C)[C@H]2O)[C@](C)(O)C[C@@H](C)C(=O)[C@H](C)[C@@H](O)[C@H]1C. The molecule has 3 heterocycles. The highest BCUT2D eigenvalue weighted by Gasteiger charge is 2.53. The first kappa shape index (κ1) is 44.1. The molecule has 0 radical (unpaired) electrons. The molecule has 0 saturated carbocycles. The van der Waals surface area contributed by atoms with Gasteiger partial charge in [-0.15, -0.1) is 0 Å². The minimum absolute atomic E-state index is 0.0523. The zero-order valence-electron chi connectivity index (χ0n) is 33.5. The molecule has 13 heteroatoms. The number of cyclic esters (lactones) is 1. The van der Waals surface area contributed by atoms with Crippen LogP contribution in [0.25, 0.3) is 0 Å². The summed E-state index contributed by atoms with van der Waals surface area (Å²) in [7, 11) is 5.24. The third-order valence-electron chi connectivity index (χ3n) is 12.5. The second-order valence-electron chi connectivity index (χ2n) is 16.8. The van der Waals surface area contributed by atoms with Gasteiger partial charge in [0.05, 0.1) is 47.6 Å². The number of aliphatic hydroxyl groups excluding tert-OH is 3. The summed E-state index contributed by atoms with van der Waals surface area (Å²) in [6.07, 6.45) is -7.36. The number of nitrogens with zero attached hydrogens (tertiary/aromatic N) is 1. The van der Waals surface area contributed by atoms with E-state index in [-0.39, 0.29) is 30.8 Å². The minimum Gasteiger partial charge on any atom is -0.459 e. The van der Waals surface area contributed by atoms with Crippen molar-refractivity contribution in [3.8, 4) is 0 Å². The first-order valence-corrected chi connectivity index (χ1v) is 18.8. The Labute approximate surface area is 305 Å². The minimum atomic E-state index is -1.73. The number of carbonyl (C=O) groups excluding carboxylic acids is 2. The van der Waals surface area contributed by atoms with Crippen molar-refractivity contribution in [1.82, 2.24) is 4.90 Å². The van der Waals surface area contributed by atoms with Crippen molar-refractivity contribution in [1.29, 1.82) is 0 Å². The molecular formula is C38H69NO12. The lowest BCUT2D eigenvalue weighted by Gasteiger charge is -2.49. The average Bonchev–Trinajstić information content (AvgIpc) is 3.06. The number of carbonyl (C=O) groups is 2. The number of rotatable bonds is 7. The van der Waals surface area contributed by atoms with Gasteiger partial charge < -0.3 is 53.7 Å². The molecule has 3 aliphatic rings. The standard InChI is InChI=1S/C38H69NO12/c1-15-37(10)24(7)29(41)21(4)28(40)19(2)17-36(9,45)33(50-35-30(42)26(39(12)13)16-20(3)47-35)22(5)31(23(6)34(44)51-37)49-27-18-38(11,46-14)32(43)25(8)48-27/h19-27,29-33,35,41-43,45H,15-18H2,1-14H3/t19-,20-,21+,22+,23-,24-,25+,26+,27?,29-,30-,31+,32+,33-,35?,36-,37-,38-/m1/s1. The molecule has 4 N–H and O–H groups in total. The Hall–Kier alpha value is -1.26. The molecule has 18 atom stereocenters. The van der Waals surface area contributed by atoms with Gasteiger partial charge in [0.15, 0.2) is 12.6 Å². The molecule has 13 nitrogen and oxygen atoms in total. The van der Waals surface area contributed by atoms with Gasteiger partial charge in [0.1, 0.15) is 23.6 Å². The molecule has 0 aliphatic carbocycles. The summed E-state index contributed by atoms with van der Waals surface area (Å²) >= 11 is 0. The number of ketones is 1. The third kappa shape index (κ3) is 9.52. The van der Waals surface area contributed by atoms with E-state index in [9.17, 15) is 30.0 Å². The summed E-state index contributed by atoms with van der Waals surface area (Å²) in [4.78, 5) is 30.0. The van der Waals surface area contributed by atoms with Gasteiger partial charge in [0, 0.05) is 43.2 Å².